The van der Waals surface area contributed by atoms with Crippen LogP contribution in [0.1, 0.15) is 5.56 Å². The van der Waals surface area contributed by atoms with Gasteiger partial charge in [0.15, 0.2) is 0 Å². The summed E-state index contributed by atoms with van der Waals surface area (Å²) in [6, 6.07) is 2.40. The van der Waals surface area contributed by atoms with Gasteiger partial charge in [-0.05, 0) is 18.6 Å². The smallest absolute Gasteiger partial charge is 0.149 e. The van der Waals surface area contributed by atoms with Gasteiger partial charge in [-0.25, -0.2) is 0 Å². The van der Waals surface area contributed by atoms with Gasteiger partial charge in [0.1, 0.15) is 5.82 Å². The number of aromatic nitrogens is 2. The Morgan fingerprint density at radius 1 is 1.58 bits per heavy atom. The van der Waals surface area contributed by atoms with E-state index in [9.17, 15) is 0 Å². The maximum absolute atomic E-state index is 5.03. The Bertz CT molecular complexity index is 273. The quantitative estimate of drug-likeness (QED) is 0.697. The summed E-state index contributed by atoms with van der Waals surface area (Å²) in [5.41, 5.74) is 1.12. The molecular formula is C8H11N3O. The highest BCUT2D eigenvalue weighted by atomic mass is 16.5. The molecule has 0 spiro atoms. The van der Waals surface area contributed by atoms with E-state index in [2.05, 4.69) is 15.5 Å². The molecule has 4 nitrogen and oxygen atoms in total. The zero-order valence-corrected chi connectivity index (χ0v) is 6.95. The number of nitrogens with zero attached hydrogens (tertiary/aromatic N) is 2. The molecule has 1 aromatic heterocycles. The second-order valence-electron chi connectivity index (χ2n) is 3.00. The molecule has 2 rings (SSSR count). The average molecular weight is 165 g/mol. The standard InChI is InChI=1S/C8H11N3O/c1-6-2-8(11-9-3-6)10-7-4-12-5-7/h2-3,7H,4-5H2,1H3,(H,10,11). The van der Waals surface area contributed by atoms with Gasteiger partial charge in [0.2, 0.25) is 0 Å². The Labute approximate surface area is 71.0 Å². The number of rotatable bonds is 2. The van der Waals surface area contributed by atoms with Gasteiger partial charge in [0.05, 0.1) is 25.5 Å². The number of anilines is 1. The first-order valence-corrected chi connectivity index (χ1v) is 3.98. The molecule has 0 unspecified atom stereocenters. The molecule has 1 saturated heterocycles. The minimum absolute atomic E-state index is 0.418. The van der Waals surface area contributed by atoms with Crippen LogP contribution in [0.5, 0.6) is 0 Å². The molecule has 1 fully saturated rings. The topological polar surface area (TPSA) is 47.0 Å². The summed E-state index contributed by atoms with van der Waals surface area (Å²) >= 11 is 0. The van der Waals surface area contributed by atoms with Crippen molar-refractivity contribution < 1.29 is 4.74 Å². The second-order valence-corrected chi connectivity index (χ2v) is 3.00. The normalized spacial score (nSPS) is 17.1. The van der Waals surface area contributed by atoms with Crippen LogP contribution in [0.15, 0.2) is 12.3 Å². The molecule has 1 aliphatic rings. The summed E-state index contributed by atoms with van der Waals surface area (Å²) in [7, 11) is 0. The molecule has 0 amide bonds. The van der Waals surface area contributed by atoms with Gasteiger partial charge < -0.3 is 10.1 Å². The van der Waals surface area contributed by atoms with E-state index in [4.69, 9.17) is 4.74 Å². The summed E-state index contributed by atoms with van der Waals surface area (Å²) < 4.78 is 5.03. The lowest BCUT2D eigenvalue weighted by atomic mass is 10.2. The number of ether oxygens (including phenoxy) is 1. The average Bonchev–Trinajstić information content (AvgIpc) is 1.97. The van der Waals surface area contributed by atoms with Crippen LogP contribution in [-0.2, 0) is 4.74 Å². The lowest BCUT2D eigenvalue weighted by Gasteiger charge is -2.26. The summed E-state index contributed by atoms with van der Waals surface area (Å²) in [6.07, 6.45) is 1.74. The molecule has 0 aromatic carbocycles. The molecule has 0 bridgehead atoms. The van der Waals surface area contributed by atoms with Crippen LogP contribution in [0, 0.1) is 6.92 Å². The van der Waals surface area contributed by atoms with Crippen molar-refractivity contribution in [3.8, 4) is 0 Å². The van der Waals surface area contributed by atoms with Crippen LogP contribution >= 0.6 is 0 Å². The largest absolute Gasteiger partial charge is 0.377 e. The third-order valence-corrected chi connectivity index (χ3v) is 1.78. The van der Waals surface area contributed by atoms with Gasteiger partial charge in [-0.3, -0.25) is 0 Å². The summed E-state index contributed by atoms with van der Waals surface area (Å²) in [6.45, 7) is 3.54. The molecule has 1 N–H and O–H groups in total. The van der Waals surface area contributed by atoms with Crippen molar-refractivity contribution in [1.82, 2.24) is 10.2 Å². The summed E-state index contributed by atoms with van der Waals surface area (Å²) in [5.74, 6) is 0.836. The first kappa shape index (κ1) is 7.49. The number of hydrogen-bond donors (Lipinski definition) is 1. The molecule has 0 saturated carbocycles. The fourth-order valence-corrected chi connectivity index (χ4v) is 1.06. The van der Waals surface area contributed by atoms with E-state index in [1.165, 1.54) is 0 Å². The molecule has 0 aliphatic carbocycles. The Morgan fingerprint density at radius 2 is 2.42 bits per heavy atom. The molecule has 4 heteroatoms. The highest BCUT2D eigenvalue weighted by Gasteiger charge is 2.17. The van der Waals surface area contributed by atoms with Crippen LogP contribution in [-0.4, -0.2) is 29.5 Å². The highest BCUT2D eigenvalue weighted by molar-refractivity contribution is 5.36. The van der Waals surface area contributed by atoms with Gasteiger partial charge in [0, 0.05) is 0 Å². The predicted molar refractivity (Wildman–Crippen MR) is 45.0 cm³/mol. The molecule has 0 atom stereocenters. The first-order valence-electron chi connectivity index (χ1n) is 3.98. The van der Waals surface area contributed by atoms with Crippen molar-refractivity contribution in [2.45, 2.75) is 13.0 Å². The van der Waals surface area contributed by atoms with Crippen molar-refractivity contribution in [3.05, 3.63) is 17.8 Å². The molecule has 1 aromatic rings. The van der Waals surface area contributed by atoms with Crippen LogP contribution in [0.2, 0.25) is 0 Å². The Morgan fingerprint density at radius 3 is 3.00 bits per heavy atom. The van der Waals surface area contributed by atoms with Gasteiger partial charge in [-0.2, -0.15) is 5.10 Å². The van der Waals surface area contributed by atoms with Crippen molar-refractivity contribution in [2.75, 3.05) is 18.5 Å². The van der Waals surface area contributed by atoms with Crippen LogP contribution in [0.3, 0.4) is 0 Å². The monoisotopic (exact) mass is 165 g/mol. The molecule has 12 heavy (non-hydrogen) atoms. The fraction of sp³-hybridized carbons (Fsp3) is 0.500. The minimum atomic E-state index is 0.418. The molecule has 2 heterocycles. The molecule has 64 valence electrons. The third kappa shape index (κ3) is 1.53. The van der Waals surface area contributed by atoms with Gasteiger partial charge in [-0.1, -0.05) is 0 Å². The van der Waals surface area contributed by atoms with Crippen molar-refractivity contribution in [1.29, 1.82) is 0 Å². The van der Waals surface area contributed by atoms with Crippen molar-refractivity contribution in [2.24, 2.45) is 0 Å². The van der Waals surface area contributed by atoms with Crippen molar-refractivity contribution in [3.63, 3.8) is 0 Å². The lowest BCUT2D eigenvalue weighted by Crippen LogP contribution is -2.40. The lowest BCUT2D eigenvalue weighted by molar-refractivity contribution is 0.0209. The van der Waals surface area contributed by atoms with Gasteiger partial charge >= 0.3 is 0 Å². The predicted octanol–water partition coefficient (Wildman–Crippen LogP) is 0.596. The summed E-state index contributed by atoms with van der Waals surface area (Å²) in [4.78, 5) is 0. The van der Waals surface area contributed by atoms with E-state index in [-0.39, 0.29) is 0 Å². The zero-order chi connectivity index (χ0) is 8.39. The van der Waals surface area contributed by atoms with Crippen LogP contribution in [0.25, 0.3) is 0 Å². The number of hydrogen-bond acceptors (Lipinski definition) is 4. The zero-order valence-electron chi connectivity index (χ0n) is 6.95. The fourth-order valence-electron chi connectivity index (χ4n) is 1.06. The Hall–Kier alpha value is -1.16. The first-order chi connectivity index (χ1) is 5.84. The van der Waals surface area contributed by atoms with Crippen LogP contribution < -0.4 is 5.32 Å². The van der Waals surface area contributed by atoms with E-state index in [0.29, 0.717) is 6.04 Å². The third-order valence-electron chi connectivity index (χ3n) is 1.78. The van der Waals surface area contributed by atoms with E-state index < -0.39 is 0 Å². The maximum atomic E-state index is 5.03. The number of nitrogens with one attached hydrogen (secondary N) is 1. The van der Waals surface area contributed by atoms with Gasteiger partial charge in [-0.15, -0.1) is 5.10 Å². The minimum Gasteiger partial charge on any atom is -0.377 e. The SMILES string of the molecule is Cc1cnnc(NC2COC2)c1. The van der Waals surface area contributed by atoms with E-state index >= 15 is 0 Å². The summed E-state index contributed by atoms with van der Waals surface area (Å²) in [5, 5.41) is 11.0. The highest BCUT2D eigenvalue weighted by Crippen LogP contribution is 2.09. The Balaban J connectivity index is 2.02. The molecule has 1 aliphatic heterocycles. The van der Waals surface area contributed by atoms with E-state index in [1.54, 1.807) is 6.20 Å². The maximum Gasteiger partial charge on any atom is 0.149 e. The van der Waals surface area contributed by atoms with E-state index in [0.717, 1.165) is 24.6 Å². The van der Waals surface area contributed by atoms with Crippen molar-refractivity contribution >= 4 is 5.82 Å². The molecular weight excluding hydrogens is 154 g/mol. The van der Waals surface area contributed by atoms with Gasteiger partial charge in [0.25, 0.3) is 0 Å². The second kappa shape index (κ2) is 3.06. The number of aryl methyl sites for hydroxylation is 1. The van der Waals surface area contributed by atoms with Crippen LogP contribution in [0.4, 0.5) is 5.82 Å². The Kier molecular flexibility index (Phi) is 1.91. The van der Waals surface area contributed by atoms with E-state index in [1.807, 2.05) is 13.0 Å². The molecule has 0 radical (unpaired) electrons.